The predicted molar refractivity (Wildman–Crippen MR) is 137 cm³/mol. The number of carbonyl (C=O) groups is 2. The molecule has 0 saturated carbocycles. The third-order valence-corrected chi connectivity index (χ3v) is 9.07. The summed E-state index contributed by atoms with van der Waals surface area (Å²) < 4.78 is 33.2. The van der Waals surface area contributed by atoms with Crippen molar-refractivity contribution in [1.82, 2.24) is 4.31 Å². The summed E-state index contributed by atoms with van der Waals surface area (Å²) in [7, 11) is -3.72. The zero-order valence-electron chi connectivity index (χ0n) is 19.7. The van der Waals surface area contributed by atoms with Crippen molar-refractivity contribution >= 4 is 38.2 Å². The maximum absolute atomic E-state index is 13.2. The van der Waals surface area contributed by atoms with Crippen molar-refractivity contribution in [2.24, 2.45) is 0 Å². The molecule has 9 heteroatoms. The molecule has 0 bridgehead atoms. The van der Waals surface area contributed by atoms with E-state index in [-0.39, 0.29) is 28.7 Å². The molecule has 0 aliphatic carbocycles. The minimum Gasteiger partial charge on any atom is -0.462 e. The number of benzene rings is 2. The number of hydrogen-bond donors (Lipinski definition) is 1. The molecule has 7 nitrogen and oxygen atoms in total. The first-order chi connectivity index (χ1) is 16.8. The van der Waals surface area contributed by atoms with Gasteiger partial charge in [0.05, 0.1) is 17.1 Å². The van der Waals surface area contributed by atoms with Crippen LogP contribution in [0.5, 0.6) is 0 Å². The molecule has 0 unspecified atom stereocenters. The molecule has 4 rings (SSSR count). The van der Waals surface area contributed by atoms with Crippen LogP contribution in [-0.4, -0.2) is 43.8 Å². The van der Waals surface area contributed by atoms with E-state index in [9.17, 15) is 18.0 Å². The molecule has 1 aliphatic heterocycles. The van der Waals surface area contributed by atoms with Crippen molar-refractivity contribution in [2.75, 3.05) is 18.5 Å². The van der Waals surface area contributed by atoms with E-state index in [1.54, 1.807) is 25.1 Å². The summed E-state index contributed by atoms with van der Waals surface area (Å²) in [5.74, 6) is -1.03. The van der Waals surface area contributed by atoms with E-state index in [2.05, 4.69) is 5.32 Å². The van der Waals surface area contributed by atoms with Crippen LogP contribution in [0.3, 0.4) is 0 Å². The number of sulfonamides is 1. The largest absolute Gasteiger partial charge is 0.462 e. The monoisotopic (exact) mass is 512 g/mol. The highest BCUT2D eigenvalue weighted by Gasteiger charge is 2.31. The Hall–Kier alpha value is -3.01. The minimum absolute atomic E-state index is 0.0825. The smallest absolute Gasteiger partial charge is 0.341 e. The summed E-state index contributed by atoms with van der Waals surface area (Å²) in [6, 6.07) is 17.2. The Bertz CT molecular complexity index is 1320. The van der Waals surface area contributed by atoms with Gasteiger partial charge in [0.1, 0.15) is 5.00 Å². The van der Waals surface area contributed by atoms with Crippen molar-refractivity contribution < 1.29 is 22.7 Å². The van der Waals surface area contributed by atoms with Crippen molar-refractivity contribution in [2.45, 2.75) is 44.0 Å². The van der Waals surface area contributed by atoms with Crippen LogP contribution in [0.15, 0.2) is 65.6 Å². The number of esters is 1. The normalized spacial score (nSPS) is 16.6. The van der Waals surface area contributed by atoms with E-state index < -0.39 is 21.9 Å². The van der Waals surface area contributed by atoms with Crippen LogP contribution in [0.25, 0.3) is 10.4 Å². The predicted octanol–water partition coefficient (Wildman–Crippen LogP) is 5.41. The number of ether oxygens (including phenoxy) is 1. The lowest BCUT2D eigenvalue weighted by molar-refractivity contribution is 0.0528. The van der Waals surface area contributed by atoms with Gasteiger partial charge in [0.2, 0.25) is 10.0 Å². The zero-order chi connectivity index (χ0) is 25.0. The molecule has 1 atom stereocenters. The van der Waals surface area contributed by atoms with Crippen LogP contribution < -0.4 is 5.32 Å². The number of rotatable bonds is 7. The fourth-order valence-electron chi connectivity index (χ4n) is 4.13. The molecule has 1 aliphatic rings. The van der Waals surface area contributed by atoms with E-state index in [0.717, 1.165) is 29.7 Å². The Morgan fingerprint density at radius 3 is 2.57 bits per heavy atom. The second-order valence-electron chi connectivity index (χ2n) is 8.38. The molecule has 0 radical (unpaired) electrons. The average molecular weight is 513 g/mol. The van der Waals surface area contributed by atoms with E-state index in [1.165, 1.54) is 27.8 Å². The summed E-state index contributed by atoms with van der Waals surface area (Å²) in [5, 5.41) is 3.15. The first-order valence-corrected chi connectivity index (χ1v) is 13.9. The number of anilines is 1. The Morgan fingerprint density at radius 2 is 1.86 bits per heavy atom. The van der Waals surface area contributed by atoms with Crippen LogP contribution >= 0.6 is 11.3 Å². The van der Waals surface area contributed by atoms with Gasteiger partial charge in [0, 0.05) is 23.0 Å². The Balaban J connectivity index is 1.62. The van der Waals surface area contributed by atoms with E-state index in [4.69, 9.17) is 4.74 Å². The molecular weight excluding hydrogens is 484 g/mol. The van der Waals surface area contributed by atoms with Gasteiger partial charge in [0.25, 0.3) is 5.91 Å². The molecular formula is C26H28N2O5S2. The zero-order valence-corrected chi connectivity index (χ0v) is 21.3. The lowest BCUT2D eigenvalue weighted by Crippen LogP contribution is -2.41. The third-order valence-electron chi connectivity index (χ3n) is 5.96. The fourth-order valence-corrected chi connectivity index (χ4v) is 6.92. The van der Waals surface area contributed by atoms with Gasteiger partial charge in [-0.05, 0) is 56.5 Å². The highest BCUT2D eigenvalue weighted by Crippen LogP contribution is 2.36. The molecule has 1 N–H and O–H groups in total. The Kier molecular flexibility index (Phi) is 7.69. The summed E-state index contributed by atoms with van der Waals surface area (Å²) in [4.78, 5) is 26.6. The first-order valence-electron chi connectivity index (χ1n) is 11.6. The fraction of sp³-hybridized carbons (Fsp3) is 0.308. The van der Waals surface area contributed by atoms with Crippen LogP contribution in [0.2, 0.25) is 0 Å². The number of thiophene rings is 1. The van der Waals surface area contributed by atoms with E-state index in [0.29, 0.717) is 11.5 Å². The summed E-state index contributed by atoms with van der Waals surface area (Å²) in [6.45, 7) is 4.30. The SMILES string of the molecule is CCOC(=O)c1cc(-c2ccccc2)sc1NC(=O)c1cccc(S(=O)(=O)N2CCCC[C@H]2C)c1. The maximum Gasteiger partial charge on any atom is 0.341 e. The molecule has 1 saturated heterocycles. The van der Waals surface area contributed by atoms with Crippen molar-refractivity contribution in [3.05, 3.63) is 71.8 Å². The molecule has 2 heterocycles. The topological polar surface area (TPSA) is 92.8 Å². The van der Waals surface area contributed by atoms with E-state index in [1.807, 2.05) is 37.3 Å². The number of piperidine rings is 1. The maximum atomic E-state index is 13.2. The molecule has 1 amide bonds. The highest BCUT2D eigenvalue weighted by molar-refractivity contribution is 7.89. The Labute approximate surface area is 209 Å². The lowest BCUT2D eigenvalue weighted by Gasteiger charge is -2.32. The van der Waals surface area contributed by atoms with Crippen molar-refractivity contribution in [1.29, 1.82) is 0 Å². The van der Waals surface area contributed by atoms with Gasteiger partial charge >= 0.3 is 5.97 Å². The van der Waals surface area contributed by atoms with Gasteiger partial charge < -0.3 is 10.1 Å². The molecule has 184 valence electrons. The minimum atomic E-state index is -3.72. The first kappa shape index (κ1) is 25.1. The summed E-state index contributed by atoms with van der Waals surface area (Å²) >= 11 is 1.26. The highest BCUT2D eigenvalue weighted by atomic mass is 32.2. The van der Waals surface area contributed by atoms with Gasteiger partial charge in [-0.1, -0.05) is 42.8 Å². The summed E-state index contributed by atoms with van der Waals surface area (Å²) in [6.07, 6.45) is 2.64. The van der Waals surface area contributed by atoms with Crippen LogP contribution in [-0.2, 0) is 14.8 Å². The third kappa shape index (κ3) is 5.47. The van der Waals surface area contributed by atoms with Gasteiger partial charge in [0.15, 0.2) is 0 Å². The average Bonchev–Trinajstić information content (AvgIpc) is 3.29. The van der Waals surface area contributed by atoms with Gasteiger partial charge in [-0.3, -0.25) is 4.79 Å². The van der Waals surface area contributed by atoms with Crippen molar-refractivity contribution in [3.8, 4) is 10.4 Å². The van der Waals surface area contributed by atoms with Crippen LogP contribution in [0.1, 0.15) is 53.8 Å². The number of carbonyl (C=O) groups excluding carboxylic acids is 2. The molecule has 2 aromatic carbocycles. The number of amides is 1. The molecule has 1 aromatic heterocycles. The number of nitrogens with one attached hydrogen (secondary N) is 1. The lowest BCUT2D eigenvalue weighted by atomic mass is 10.1. The molecule has 35 heavy (non-hydrogen) atoms. The standard InChI is InChI=1S/C26H28N2O5S2/c1-3-33-26(30)22-17-23(19-11-5-4-6-12-19)34-25(22)27-24(29)20-13-9-14-21(16-20)35(31,32)28-15-8-7-10-18(28)2/h4-6,9,11-14,16-18H,3,7-8,10,15H2,1-2H3,(H,27,29)/t18-/m1/s1. The number of nitrogens with zero attached hydrogens (tertiary/aromatic N) is 1. The van der Waals surface area contributed by atoms with Crippen LogP contribution in [0, 0.1) is 0 Å². The number of hydrogen-bond acceptors (Lipinski definition) is 6. The Morgan fingerprint density at radius 1 is 1.09 bits per heavy atom. The molecule has 1 fully saturated rings. The summed E-state index contributed by atoms with van der Waals surface area (Å²) in [5.41, 5.74) is 1.36. The molecule has 0 spiro atoms. The quantitative estimate of drug-likeness (QED) is 0.428. The molecule has 3 aromatic rings. The van der Waals surface area contributed by atoms with Gasteiger partial charge in [-0.15, -0.1) is 11.3 Å². The second-order valence-corrected chi connectivity index (χ2v) is 11.3. The second kappa shape index (κ2) is 10.7. The van der Waals surface area contributed by atoms with Crippen LogP contribution in [0.4, 0.5) is 5.00 Å². The van der Waals surface area contributed by atoms with Crippen molar-refractivity contribution in [3.63, 3.8) is 0 Å². The van der Waals surface area contributed by atoms with E-state index >= 15 is 0 Å². The van der Waals surface area contributed by atoms with Gasteiger partial charge in [-0.2, -0.15) is 4.31 Å². The van der Waals surface area contributed by atoms with Gasteiger partial charge in [-0.25, -0.2) is 13.2 Å².